The second-order valence-electron chi connectivity index (χ2n) is 7.59. The molecule has 0 atom stereocenters. The van der Waals surface area contributed by atoms with Crippen molar-refractivity contribution < 1.29 is 17.9 Å². The number of benzene rings is 2. The third kappa shape index (κ3) is 3.60. The number of hydrogen-bond donors (Lipinski definition) is 0. The summed E-state index contributed by atoms with van der Waals surface area (Å²) in [4.78, 5) is 4.19. The molecule has 0 unspecified atom stereocenters. The quantitative estimate of drug-likeness (QED) is 0.380. The van der Waals surface area contributed by atoms with Gasteiger partial charge in [0.05, 0.1) is 41.5 Å². The van der Waals surface area contributed by atoms with Crippen LogP contribution in [0.1, 0.15) is 39.5 Å². The molecule has 0 saturated carbocycles. The summed E-state index contributed by atoms with van der Waals surface area (Å²) in [5, 5.41) is 18.0. The number of terminal acetylenes is 1. The van der Waals surface area contributed by atoms with E-state index in [4.69, 9.17) is 11.2 Å². The predicted molar refractivity (Wildman–Crippen MR) is 114 cm³/mol. The van der Waals surface area contributed by atoms with Gasteiger partial charge in [-0.25, -0.2) is 9.67 Å². The topological polar surface area (TPSA) is 81.6 Å². The zero-order chi connectivity index (χ0) is 23.9. The Kier molecular flexibility index (Phi) is 5.16. The maximum absolute atomic E-state index is 13.3. The molecule has 0 bridgehead atoms. The molecule has 0 saturated heterocycles. The zero-order valence-electron chi connectivity index (χ0n) is 17.5. The summed E-state index contributed by atoms with van der Waals surface area (Å²) in [7, 11) is 0. The lowest BCUT2D eigenvalue weighted by atomic mass is 10.1. The highest BCUT2D eigenvalue weighted by Gasteiger charge is 2.33. The Morgan fingerprint density at radius 2 is 1.91 bits per heavy atom. The SMILES string of the molecule is C#Cc1ccc2c(c1)-n1nnc(COCc3ccccc3C(F)(F)F)c1Cc1c(C#N)ncn1-2. The van der Waals surface area contributed by atoms with Crippen LogP contribution < -0.4 is 0 Å². The molecule has 1 aliphatic heterocycles. The van der Waals surface area contributed by atoms with E-state index in [0.717, 1.165) is 11.8 Å². The van der Waals surface area contributed by atoms with Gasteiger partial charge in [-0.2, -0.15) is 18.4 Å². The minimum absolute atomic E-state index is 0.0297. The smallest absolute Gasteiger partial charge is 0.370 e. The van der Waals surface area contributed by atoms with Crippen molar-refractivity contribution in [2.45, 2.75) is 25.8 Å². The first-order valence-electron chi connectivity index (χ1n) is 10.1. The number of ether oxygens (including phenoxy) is 1. The summed E-state index contributed by atoms with van der Waals surface area (Å²) in [6.45, 7) is -0.317. The van der Waals surface area contributed by atoms with E-state index in [2.05, 4.69) is 27.3 Å². The minimum Gasteiger partial charge on any atom is -0.370 e. The van der Waals surface area contributed by atoms with E-state index in [1.807, 2.05) is 6.07 Å². The van der Waals surface area contributed by atoms with Crippen molar-refractivity contribution in [1.82, 2.24) is 24.5 Å². The molecule has 4 aromatic rings. The molecule has 10 heteroatoms. The number of hydrogen-bond acceptors (Lipinski definition) is 5. The van der Waals surface area contributed by atoms with Gasteiger partial charge in [0.1, 0.15) is 18.1 Å². The van der Waals surface area contributed by atoms with E-state index in [-0.39, 0.29) is 30.9 Å². The third-order valence-electron chi connectivity index (χ3n) is 5.60. The average molecular weight is 460 g/mol. The van der Waals surface area contributed by atoms with Crippen LogP contribution in [0, 0.1) is 23.7 Å². The molecule has 0 aliphatic carbocycles. The fourth-order valence-electron chi connectivity index (χ4n) is 3.98. The van der Waals surface area contributed by atoms with Crippen molar-refractivity contribution in [3.63, 3.8) is 0 Å². The van der Waals surface area contributed by atoms with Crippen molar-refractivity contribution in [2.75, 3.05) is 0 Å². The van der Waals surface area contributed by atoms with Crippen molar-refractivity contribution in [3.05, 3.63) is 88.3 Å². The molecule has 168 valence electrons. The molecule has 0 spiro atoms. The summed E-state index contributed by atoms with van der Waals surface area (Å²) >= 11 is 0. The molecule has 0 fully saturated rings. The van der Waals surface area contributed by atoms with Gasteiger partial charge in [0.2, 0.25) is 0 Å². The van der Waals surface area contributed by atoms with E-state index < -0.39 is 11.7 Å². The Morgan fingerprint density at radius 1 is 1.09 bits per heavy atom. The maximum Gasteiger partial charge on any atom is 0.416 e. The molecule has 2 aromatic carbocycles. The predicted octanol–water partition coefficient (Wildman–Crippen LogP) is 3.95. The first-order chi connectivity index (χ1) is 16.4. The molecule has 0 radical (unpaired) electrons. The van der Waals surface area contributed by atoms with Crippen LogP contribution >= 0.6 is 0 Å². The Balaban J connectivity index is 1.50. The normalized spacial score (nSPS) is 12.1. The number of nitrogens with zero attached hydrogens (tertiary/aromatic N) is 6. The minimum atomic E-state index is -4.47. The number of alkyl halides is 3. The summed E-state index contributed by atoms with van der Waals surface area (Å²) < 4.78 is 48.9. The van der Waals surface area contributed by atoms with Crippen LogP contribution in [-0.2, 0) is 30.5 Å². The molecule has 5 rings (SSSR count). The van der Waals surface area contributed by atoms with Gasteiger partial charge in [0, 0.05) is 12.0 Å². The fourth-order valence-corrected chi connectivity index (χ4v) is 3.98. The standard InChI is InChI=1S/C24H15F3N6O/c1-2-15-7-8-20-23(9-15)33-22(10-21-18(11-28)29-14-32(20)21)19(30-31-33)13-34-12-16-5-3-4-6-17(16)24(25,26)27/h1,3-9,14H,10,12-13H2. The van der Waals surface area contributed by atoms with Crippen LogP contribution in [-0.4, -0.2) is 24.5 Å². The van der Waals surface area contributed by atoms with Gasteiger partial charge in [-0.3, -0.25) is 4.57 Å². The Morgan fingerprint density at radius 3 is 2.68 bits per heavy atom. The first-order valence-corrected chi connectivity index (χ1v) is 10.1. The van der Waals surface area contributed by atoms with Gasteiger partial charge in [0.25, 0.3) is 0 Å². The van der Waals surface area contributed by atoms with Gasteiger partial charge in [-0.15, -0.1) is 11.5 Å². The van der Waals surface area contributed by atoms with Crippen LogP contribution in [0.3, 0.4) is 0 Å². The highest BCUT2D eigenvalue weighted by Crippen LogP contribution is 2.33. The van der Waals surface area contributed by atoms with E-state index in [9.17, 15) is 18.4 Å². The summed E-state index contributed by atoms with van der Waals surface area (Å²) in [6.07, 6.45) is 2.93. The van der Waals surface area contributed by atoms with Crippen LogP contribution in [0.4, 0.5) is 13.2 Å². The van der Waals surface area contributed by atoms with Crippen LogP contribution in [0.15, 0.2) is 48.8 Å². The number of imidazole rings is 1. The van der Waals surface area contributed by atoms with Gasteiger partial charge in [0.15, 0.2) is 5.69 Å². The maximum atomic E-state index is 13.3. The average Bonchev–Trinajstić information content (AvgIpc) is 3.39. The molecular weight excluding hydrogens is 445 g/mol. The lowest BCUT2D eigenvalue weighted by Crippen LogP contribution is -2.10. The van der Waals surface area contributed by atoms with Crippen LogP contribution in [0.2, 0.25) is 0 Å². The number of nitriles is 1. The van der Waals surface area contributed by atoms with Crippen molar-refractivity contribution in [3.8, 4) is 29.8 Å². The van der Waals surface area contributed by atoms with Crippen molar-refractivity contribution in [1.29, 1.82) is 5.26 Å². The lowest BCUT2D eigenvalue weighted by molar-refractivity contribution is -0.139. The van der Waals surface area contributed by atoms with Gasteiger partial charge >= 0.3 is 6.18 Å². The molecule has 3 heterocycles. The molecule has 2 aromatic heterocycles. The molecule has 34 heavy (non-hydrogen) atoms. The van der Waals surface area contributed by atoms with E-state index >= 15 is 0 Å². The van der Waals surface area contributed by atoms with Crippen LogP contribution in [0.5, 0.6) is 0 Å². The summed E-state index contributed by atoms with van der Waals surface area (Å²) in [6, 6.07) is 12.7. The number of aromatic nitrogens is 5. The highest BCUT2D eigenvalue weighted by atomic mass is 19.4. The van der Waals surface area contributed by atoms with E-state index in [0.29, 0.717) is 28.3 Å². The summed E-state index contributed by atoms with van der Waals surface area (Å²) in [5.41, 5.74) is 3.26. The van der Waals surface area contributed by atoms with E-state index in [1.165, 1.54) is 18.2 Å². The lowest BCUT2D eigenvalue weighted by Gasteiger charge is -2.12. The van der Waals surface area contributed by atoms with Crippen molar-refractivity contribution >= 4 is 0 Å². The fraction of sp³-hybridized carbons (Fsp3) is 0.167. The Labute approximate surface area is 192 Å². The number of fused-ring (bicyclic) bond motifs is 5. The second-order valence-corrected chi connectivity index (χ2v) is 7.59. The molecule has 0 amide bonds. The van der Waals surface area contributed by atoms with Crippen LogP contribution in [0.25, 0.3) is 11.4 Å². The van der Waals surface area contributed by atoms with E-state index in [1.54, 1.807) is 27.7 Å². The molecular formula is C24H15F3N6O. The van der Waals surface area contributed by atoms with Gasteiger partial charge in [-0.1, -0.05) is 29.3 Å². The van der Waals surface area contributed by atoms with Gasteiger partial charge in [-0.05, 0) is 29.8 Å². The summed E-state index contributed by atoms with van der Waals surface area (Å²) in [5.74, 6) is 2.59. The Hall–Kier alpha value is -4.41. The highest BCUT2D eigenvalue weighted by molar-refractivity contribution is 5.60. The molecule has 1 aliphatic rings. The Bertz CT molecular complexity index is 1490. The largest absolute Gasteiger partial charge is 0.416 e. The number of halogens is 3. The monoisotopic (exact) mass is 460 g/mol. The first kappa shape index (κ1) is 21.4. The zero-order valence-corrected chi connectivity index (χ0v) is 17.5. The molecule has 7 nitrogen and oxygen atoms in total. The van der Waals surface area contributed by atoms with Gasteiger partial charge < -0.3 is 4.74 Å². The van der Waals surface area contributed by atoms with Crippen molar-refractivity contribution in [2.24, 2.45) is 0 Å². The third-order valence-corrected chi connectivity index (χ3v) is 5.60. The second kappa shape index (κ2) is 8.18. The molecule has 0 N–H and O–H groups in total. The number of rotatable bonds is 4.